The Labute approximate surface area is 104 Å². The maximum Gasteiger partial charge on any atom is 0.123 e. The lowest BCUT2D eigenvalue weighted by atomic mass is 10.1. The Balaban J connectivity index is 2.05. The van der Waals surface area contributed by atoms with Gasteiger partial charge in [-0.1, -0.05) is 17.7 Å². The molecular formula is C14H22N2O. The van der Waals surface area contributed by atoms with Gasteiger partial charge in [0, 0.05) is 31.2 Å². The van der Waals surface area contributed by atoms with Crippen LogP contribution in [0, 0.1) is 6.92 Å². The van der Waals surface area contributed by atoms with Crippen molar-refractivity contribution >= 4 is 0 Å². The number of nitrogens with zero attached hydrogens (tertiary/aromatic N) is 1. The van der Waals surface area contributed by atoms with Crippen LogP contribution < -0.4 is 10.1 Å². The zero-order chi connectivity index (χ0) is 12.3. The highest BCUT2D eigenvalue weighted by Crippen LogP contribution is 2.23. The summed E-state index contributed by atoms with van der Waals surface area (Å²) in [6.45, 7) is 5.42. The SMILES string of the molecule is CNC1CCN(Cc2cc(C)ccc2OC)C1. The fourth-order valence-corrected chi connectivity index (χ4v) is 2.48. The fraction of sp³-hybridized carbons (Fsp3) is 0.571. The molecule has 1 saturated heterocycles. The maximum atomic E-state index is 5.42. The molecule has 0 aromatic heterocycles. The van der Waals surface area contributed by atoms with Crippen molar-refractivity contribution in [1.29, 1.82) is 0 Å². The van der Waals surface area contributed by atoms with Crippen molar-refractivity contribution in [1.82, 2.24) is 10.2 Å². The van der Waals surface area contributed by atoms with Gasteiger partial charge in [0.15, 0.2) is 0 Å². The van der Waals surface area contributed by atoms with E-state index in [1.165, 1.54) is 24.1 Å². The Morgan fingerprint density at radius 1 is 1.47 bits per heavy atom. The molecule has 1 aromatic carbocycles. The lowest BCUT2D eigenvalue weighted by molar-refractivity contribution is 0.313. The topological polar surface area (TPSA) is 24.5 Å². The minimum atomic E-state index is 0.644. The molecule has 1 aromatic rings. The summed E-state index contributed by atoms with van der Waals surface area (Å²) >= 11 is 0. The number of methoxy groups -OCH3 is 1. The van der Waals surface area contributed by atoms with Gasteiger partial charge in [-0.15, -0.1) is 0 Å². The molecule has 94 valence electrons. The molecule has 0 amide bonds. The van der Waals surface area contributed by atoms with Crippen LogP contribution in [-0.2, 0) is 6.54 Å². The second-order valence-corrected chi connectivity index (χ2v) is 4.82. The van der Waals surface area contributed by atoms with Crippen molar-refractivity contribution in [3.63, 3.8) is 0 Å². The monoisotopic (exact) mass is 234 g/mol. The van der Waals surface area contributed by atoms with E-state index in [1.54, 1.807) is 7.11 Å². The number of aryl methyl sites for hydroxylation is 1. The predicted octanol–water partition coefficient (Wildman–Crippen LogP) is 1.80. The first-order chi connectivity index (χ1) is 8.22. The summed E-state index contributed by atoms with van der Waals surface area (Å²) in [6, 6.07) is 7.04. The Bertz CT molecular complexity index is 378. The fourth-order valence-electron chi connectivity index (χ4n) is 2.48. The van der Waals surface area contributed by atoms with Crippen molar-refractivity contribution < 1.29 is 4.74 Å². The second kappa shape index (κ2) is 5.52. The quantitative estimate of drug-likeness (QED) is 0.859. The van der Waals surface area contributed by atoms with E-state index in [1.807, 2.05) is 7.05 Å². The first-order valence-electron chi connectivity index (χ1n) is 6.26. The van der Waals surface area contributed by atoms with Crippen LogP contribution in [0.1, 0.15) is 17.5 Å². The summed E-state index contributed by atoms with van der Waals surface area (Å²) in [5.74, 6) is 1.00. The molecule has 1 heterocycles. The Morgan fingerprint density at radius 2 is 2.29 bits per heavy atom. The van der Waals surface area contributed by atoms with Gasteiger partial charge in [0.25, 0.3) is 0 Å². The van der Waals surface area contributed by atoms with Gasteiger partial charge < -0.3 is 10.1 Å². The maximum absolute atomic E-state index is 5.42. The molecule has 1 atom stereocenters. The van der Waals surface area contributed by atoms with Gasteiger partial charge in [-0.2, -0.15) is 0 Å². The van der Waals surface area contributed by atoms with Gasteiger partial charge in [0.1, 0.15) is 5.75 Å². The van der Waals surface area contributed by atoms with Crippen LogP contribution in [0.5, 0.6) is 5.75 Å². The predicted molar refractivity (Wildman–Crippen MR) is 70.5 cm³/mol. The minimum absolute atomic E-state index is 0.644. The number of hydrogen-bond acceptors (Lipinski definition) is 3. The first kappa shape index (κ1) is 12.4. The molecule has 1 unspecified atom stereocenters. The van der Waals surface area contributed by atoms with E-state index in [-0.39, 0.29) is 0 Å². The lowest BCUT2D eigenvalue weighted by Gasteiger charge is -2.18. The van der Waals surface area contributed by atoms with Gasteiger partial charge >= 0.3 is 0 Å². The summed E-state index contributed by atoms with van der Waals surface area (Å²) in [5.41, 5.74) is 2.59. The van der Waals surface area contributed by atoms with Crippen LogP contribution in [0.25, 0.3) is 0 Å². The number of benzene rings is 1. The molecule has 1 N–H and O–H groups in total. The zero-order valence-electron chi connectivity index (χ0n) is 11.0. The van der Waals surface area contributed by atoms with Gasteiger partial charge in [-0.05, 0) is 26.5 Å². The molecule has 0 spiro atoms. The molecule has 17 heavy (non-hydrogen) atoms. The largest absolute Gasteiger partial charge is 0.496 e. The van der Waals surface area contributed by atoms with Crippen LogP contribution in [0.15, 0.2) is 18.2 Å². The highest BCUT2D eigenvalue weighted by molar-refractivity contribution is 5.36. The van der Waals surface area contributed by atoms with E-state index in [4.69, 9.17) is 4.74 Å². The molecule has 0 saturated carbocycles. The highest BCUT2D eigenvalue weighted by Gasteiger charge is 2.21. The molecule has 0 radical (unpaired) electrons. The second-order valence-electron chi connectivity index (χ2n) is 4.82. The van der Waals surface area contributed by atoms with Crippen LogP contribution >= 0.6 is 0 Å². The van der Waals surface area contributed by atoms with Crippen LogP contribution in [-0.4, -0.2) is 38.2 Å². The van der Waals surface area contributed by atoms with Crippen molar-refractivity contribution in [3.05, 3.63) is 29.3 Å². The number of likely N-dealkylation sites (tertiary alicyclic amines) is 1. The highest BCUT2D eigenvalue weighted by atomic mass is 16.5. The minimum Gasteiger partial charge on any atom is -0.496 e. The van der Waals surface area contributed by atoms with E-state index in [0.717, 1.165) is 18.8 Å². The lowest BCUT2D eigenvalue weighted by Crippen LogP contribution is -2.29. The number of likely N-dealkylation sites (N-methyl/N-ethyl adjacent to an activating group) is 1. The molecule has 2 rings (SSSR count). The van der Waals surface area contributed by atoms with Crippen LogP contribution in [0.2, 0.25) is 0 Å². The number of nitrogens with one attached hydrogen (secondary N) is 1. The molecule has 1 aliphatic heterocycles. The summed E-state index contributed by atoms with van der Waals surface area (Å²) < 4.78 is 5.42. The van der Waals surface area contributed by atoms with Gasteiger partial charge in [0.05, 0.1) is 7.11 Å². The molecule has 1 aliphatic rings. The Kier molecular flexibility index (Phi) is 4.02. The van der Waals surface area contributed by atoms with Gasteiger partial charge in [0.2, 0.25) is 0 Å². The first-order valence-corrected chi connectivity index (χ1v) is 6.26. The average Bonchev–Trinajstić information content (AvgIpc) is 2.77. The third-order valence-electron chi connectivity index (χ3n) is 3.51. The smallest absolute Gasteiger partial charge is 0.123 e. The van der Waals surface area contributed by atoms with E-state index in [0.29, 0.717) is 6.04 Å². The van der Waals surface area contributed by atoms with E-state index < -0.39 is 0 Å². The molecular weight excluding hydrogens is 212 g/mol. The van der Waals surface area contributed by atoms with E-state index in [2.05, 4.69) is 35.3 Å². The standard InChI is InChI=1S/C14H22N2O/c1-11-4-5-14(17-3)12(8-11)9-16-7-6-13(10-16)15-2/h4-5,8,13,15H,6-7,9-10H2,1-3H3. The molecule has 0 bridgehead atoms. The average molecular weight is 234 g/mol. The van der Waals surface area contributed by atoms with Gasteiger partial charge in [-0.25, -0.2) is 0 Å². The summed E-state index contributed by atoms with van der Waals surface area (Å²) in [5, 5.41) is 3.35. The zero-order valence-corrected chi connectivity index (χ0v) is 11.0. The Hall–Kier alpha value is -1.06. The third kappa shape index (κ3) is 2.99. The molecule has 0 aliphatic carbocycles. The molecule has 1 fully saturated rings. The Morgan fingerprint density at radius 3 is 2.94 bits per heavy atom. The van der Waals surface area contributed by atoms with Crippen molar-refractivity contribution in [2.45, 2.75) is 25.9 Å². The third-order valence-corrected chi connectivity index (χ3v) is 3.51. The summed E-state index contributed by atoms with van der Waals surface area (Å²) in [6.07, 6.45) is 1.24. The number of hydrogen-bond donors (Lipinski definition) is 1. The number of rotatable bonds is 4. The normalized spacial score (nSPS) is 20.8. The van der Waals surface area contributed by atoms with Gasteiger partial charge in [-0.3, -0.25) is 4.90 Å². The molecule has 3 heteroatoms. The van der Waals surface area contributed by atoms with Crippen LogP contribution in [0.3, 0.4) is 0 Å². The summed E-state index contributed by atoms with van der Waals surface area (Å²) in [7, 11) is 3.79. The summed E-state index contributed by atoms with van der Waals surface area (Å²) in [4.78, 5) is 2.48. The van der Waals surface area contributed by atoms with Crippen molar-refractivity contribution in [2.75, 3.05) is 27.2 Å². The van der Waals surface area contributed by atoms with Crippen molar-refractivity contribution in [3.8, 4) is 5.75 Å². The van der Waals surface area contributed by atoms with Crippen LogP contribution in [0.4, 0.5) is 0 Å². The molecule has 3 nitrogen and oxygen atoms in total. The number of ether oxygens (including phenoxy) is 1. The van der Waals surface area contributed by atoms with E-state index in [9.17, 15) is 0 Å². The van der Waals surface area contributed by atoms with E-state index >= 15 is 0 Å². The van der Waals surface area contributed by atoms with Crippen molar-refractivity contribution in [2.24, 2.45) is 0 Å².